The number of ketones is 1. The van der Waals surface area contributed by atoms with E-state index < -0.39 is 11.7 Å². The molecule has 6 heteroatoms. The summed E-state index contributed by atoms with van der Waals surface area (Å²) in [5, 5.41) is 3.06. The molecule has 0 bridgehead atoms. The van der Waals surface area contributed by atoms with E-state index in [2.05, 4.69) is 5.32 Å². The molecule has 5 nitrogen and oxygen atoms in total. The van der Waals surface area contributed by atoms with Gasteiger partial charge < -0.3 is 15.8 Å². The van der Waals surface area contributed by atoms with E-state index in [1.54, 1.807) is 13.1 Å². The molecule has 2 saturated carbocycles. The Kier molecular flexibility index (Phi) is 7.70. The molecule has 0 radical (unpaired) electrons. The van der Waals surface area contributed by atoms with Crippen LogP contribution < -0.4 is 11.1 Å². The molecule has 0 aliphatic heterocycles. The van der Waals surface area contributed by atoms with E-state index in [4.69, 9.17) is 10.7 Å². The van der Waals surface area contributed by atoms with Crippen molar-refractivity contribution in [2.45, 2.75) is 70.0 Å². The maximum absolute atomic E-state index is 13.5. The van der Waals surface area contributed by atoms with E-state index in [0.29, 0.717) is 43.2 Å². The first-order valence-electron chi connectivity index (χ1n) is 13.7. The lowest BCUT2D eigenvalue weighted by molar-refractivity contribution is -0.119. The summed E-state index contributed by atoms with van der Waals surface area (Å²) in [4.78, 5) is 29.1. The number of nitrogens with zero attached hydrogens (tertiary/aromatic N) is 1. The Balaban J connectivity index is 1.31. The average molecular weight is 514 g/mol. The molecule has 0 saturated heterocycles. The normalized spacial score (nSPS) is 24.9. The molecule has 0 unspecified atom stereocenters. The van der Waals surface area contributed by atoms with Crippen LogP contribution in [0.1, 0.15) is 63.9 Å². The minimum atomic E-state index is -0.824. The lowest BCUT2D eigenvalue weighted by Gasteiger charge is -2.41. The molecule has 2 aliphatic carbocycles. The molecular weight excluding hydrogens is 477 g/mol. The van der Waals surface area contributed by atoms with Gasteiger partial charge in [-0.3, -0.25) is 9.78 Å². The molecule has 1 heterocycles. The van der Waals surface area contributed by atoms with E-state index in [1.807, 2.05) is 60.7 Å². The van der Waals surface area contributed by atoms with Gasteiger partial charge in [-0.1, -0.05) is 54.6 Å². The van der Waals surface area contributed by atoms with Crippen molar-refractivity contribution in [2.75, 3.05) is 5.32 Å². The third-order valence-electron chi connectivity index (χ3n) is 8.18. The van der Waals surface area contributed by atoms with Crippen LogP contribution in [0.4, 0.5) is 10.1 Å². The standard InChI is InChI=1S/C32H36FN3O2/c1-21(37)15-22-7-9-23(10-8-22)16-30(38)36-28-17-29(24-5-3-2-4-6-24)31(35-20-28)25-11-13-26(14-12-25)32(34)18-27(33)19-32/h2-6,11-14,17,20,22-23,27H,7-10,15-16,18-19,34H2,1H3,(H,36,38). The van der Waals surface area contributed by atoms with Gasteiger partial charge in [0, 0.05) is 42.3 Å². The van der Waals surface area contributed by atoms with Crippen molar-refractivity contribution in [2.24, 2.45) is 17.6 Å². The van der Waals surface area contributed by atoms with Crippen molar-refractivity contribution in [1.82, 2.24) is 4.98 Å². The first-order chi connectivity index (χ1) is 18.3. The summed E-state index contributed by atoms with van der Waals surface area (Å²) >= 11 is 0. The van der Waals surface area contributed by atoms with Crippen molar-refractivity contribution in [1.29, 1.82) is 0 Å². The van der Waals surface area contributed by atoms with Crippen molar-refractivity contribution < 1.29 is 14.0 Å². The minimum Gasteiger partial charge on any atom is -0.325 e. The Labute approximate surface area is 224 Å². The lowest BCUT2D eigenvalue weighted by atomic mass is 9.71. The summed E-state index contributed by atoms with van der Waals surface area (Å²) in [7, 11) is 0. The van der Waals surface area contributed by atoms with Crippen LogP contribution in [0, 0.1) is 11.8 Å². The highest BCUT2D eigenvalue weighted by molar-refractivity contribution is 5.93. The van der Waals surface area contributed by atoms with Gasteiger partial charge in [-0.2, -0.15) is 0 Å². The second kappa shape index (κ2) is 11.2. The molecule has 198 valence electrons. The van der Waals surface area contributed by atoms with E-state index >= 15 is 0 Å². The SMILES string of the molecule is CC(=O)CC1CCC(CC(=O)Nc2cnc(-c3ccc(C4(N)CC(F)C4)cc3)c(-c3ccccc3)c2)CC1. The van der Waals surface area contributed by atoms with Crippen molar-refractivity contribution in [3.05, 3.63) is 72.4 Å². The highest BCUT2D eigenvalue weighted by atomic mass is 19.1. The number of amides is 1. The second-order valence-corrected chi connectivity index (χ2v) is 11.3. The van der Waals surface area contributed by atoms with Crippen LogP contribution in [0.15, 0.2) is 66.9 Å². The van der Waals surface area contributed by atoms with E-state index in [1.165, 1.54) is 0 Å². The number of aromatic nitrogens is 1. The van der Waals surface area contributed by atoms with Crippen LogP contribution in [0.2, 0.25) is 0 Å². The van der Waals surface area contributed by atoms with Gasteiger partial charge in [-0.05, 0) is 61.6 Å². The van der Waals surface area contributed by atoms with E-state index in [-0.39, 0.29) is 11.7 Å². The summed E-state index contributed by atoms with van der Waals surface area (Å²) in [6.07, 6.45) is 6.76. The number of rotatable bonds is 8. The number of nitrogens with two attached hydrogens (primary N) is 1. The largest absolute Gasteiger partial charge is 0.325 e. The predicted molar refractivity (Wildman–Crippen MR) is 149 cm³/mol. The molecule has 3 aromatic rings. The van der Waals surface area contributed by atoms with Gasteiger partial charge in [0.05, 0.1) is 17.6 Å². The molecule has 2 fully saturated rings. The number of carbonyl (C=O) groups excluding carboxylic acids is 2. The molecule has 5 rings (SSSR count). The van der Waals surface area contributed by atoms with Gasteiger partial charge in [-0.25, -0.2) is 4.39 Å². The number of hydrogen-bond donors (Lipinski definition) is 2. The molecule has 1 aromatic heterocycles. The lowest BCUT2D eigenvalue weighted by Crippen LogP contribution is -2.50. The summed E-state index contributed by atoms with van der Waals surface area (Å²) in [6.45, 7) is 1.66. The fourth-order valence-corrected chi connectivity index (χ4v) is 6.05. The van der Waals surface area contributed by atoms with Gasteiger partial charge in [-0.15, -0.1) is 0 Å². The molecule has 1 amide bonds. The fraction of sp³-hybridized carbons (Fsp3) is 0.406. The summed E-state index contributed by atoms with van der Waals surface area (Å²) < 4.78 is 13.5. The first kappa shape index (κ1) is 26.2. The van der Waals surface area contributed by atoms with Gasteiger partial charge in [0.15, 0.2) is 0 Å². The number of anilines is 1. The maximum atomic E-state index is 13.5. The zero-order valence-corrected chi connectivity index (χ0v) is 22.0. The summed E-state index contributed by atoms with van der Waals surface area (Å²) in [5.74, 6) is 1.07. The Morgan fingerprint density at radius 3 is 2.18 bits per heavy atom. The van der Waals surface area contributed by atoms with Crippen LogP contribution in [0.3, 0.4) is 0 Å². The summed E-state index contributed by atoms with van der Waals surface area (Å²) in [6, 6.07) is 19.9. The van der Waals surface area contributed by atoms with Crippen molar-refractivity contribution >= 4 is 17.4 Å². The maximum Gasteiger partial charge on any atom is 0.224 e. The molecule has 2 aromatic carbocycles. The third-order valence-corrected chi connectivity index (χ3v) is 8.18. The van der Waals surface area contributed by atoms with Crippen molar-refractivity contribution in [3.63, 3.8) is 0 Å². The second-order valence-electron chi connectivity index (χ2n) is 11.3. The monoisotopic (exact) mass is 513 g/mol. The first-order valence-corrected chi connectivity index (χ1v) is 13.7. The Morgan fingerprint density at radius 1 is 0.947 bits per heavy atom. The Bertz CT molecular complexity index is 1280. The van der Waals surface area contributed by atoms with Crippen LogP contribution in [0.25, 0.3) is 22.4 Å². The van der Waals surface area contributed by atoms with Gasteiger partial charge in [0.25, 0.3) is 0 Å². The molecule has 0 spiro atoms. The van der Waals surface area contributed by atoms with Crippen LogP contribution in [-0.2, 0) is 15.1 Å². The van der Waals surface area contributed by atoms with Crippen LogP contribution >= 0.6 is 0 Å². The highest BCUT2D eigenvalue weighted by Crippen LogP contribution is 2.42. The molecular formula is C32H36FN3O2. The van der Waals surface area contributed by atoms with Gasteiger partial charge in [0.1, 0.15) is 12.0 Å². The number of hydrogen-bond acceptors (Lipinski definition) is 4. The number of alkyl halides is 1. The van der Waals surface area contributed by atoms with Gasteiger partial charge in [0.2, 0.25) is 5.91 Å². The Hall–Kier alpha value is -3.38. The predicted octanol–water partition coefficient (Wildman–Crippen LogP) is 6.82. The van der Waals surface area contributed by atoms with Crippen LogP contribution in [-0.4, -0.2) is 22.8 Å². The van der Waals surface area contributed by atoms with E-state index in [9.17, 15) is 14.0 Å². The zero-order valence-electron chi connectivity index (χ0n) is 22.0. The Morgan fingerprint density at radius 2 is 1.58 bits per heavy atom. The third kappa shape index (κ3) is 6.02. The smallest absolute Gasteiger partial charge is 0.224 e. The molecule has 3 N–H and O–H groups in total. The number of nitrogens with one attached hydrogen (secondary N) is 1. The molecule has 0 atom stereocenters. The summed E-state index contributed by atoms with van der Waals surface area (Å²) in [5.41, 5.74) is 11.1. The average Bonchev–Trinajstić information content (AvgIpc) is 2.89. The van der Waals surface area contributed by atoms with Crippen LogP contribution in [0.5, 0.6) is 0 Å². The number of pyridine rings is 1. The van der Waals surface area contributed by atoms with Crippen molar-refractivity contribution in [3.8, 4) is 22.4 Å². The molecule has 38 heavy (non-hydrogen) atoms. The number of carbonyl (C=O) groups is 2. The van der Waals surface area contributed by atoms with E-state index in [0.717, 1.165) is 53.6 Å². The molecule has 2 aliphatic rings. The fourth-order valence-electron chi connectivity index (χ4n) is 6.05. The minimum absolute atomic E-state index is 0.00200. The number of halogens is 1. The topological polar surface area (TPSA) is 85.1 Å². The zero-order chi connectivity index (χ0) is 26.7. The number of Topliss-reactive ketones (excluding diaryl/α,β-unsaturated/α-hetero) is 1. The number of benzene rings is 2. The van der Waals surface area contributed by atoms with Gasteiger partial charge >= 0.3 is 0 Å². The highest BCUT2D eigenvalue weighted by Gasteiger charge is 2.42. The quantitative estimate of drug-likeness (QED) is 0.346.